The molecule has 0 unspecified atom stereocenters. The predicted molar refractivity (Wildman–Crippen MR) is 48.9 cm³/mol. The van der Waals surface area contributed by atoms with Gasteiger partial charge in [-0.15, -0.1) is 0 Å². The zero-order valence-electron chi connectivity index (χ0n) is 8.27. The van der Waals surface area contributed by atoms with Crippen LogP contribution in [-0.2, 0) is 19.1 Å². The van der Waals surface area contributed by atoms with Crippen molar-refractivity contribution in [2.45, 2.75) is 32.1 Å². The van der Waals surface area contributed by atoms with Crippen LogP contribution in [0, 0.1) is 0 Å². The normalized spacial score (nSPS) is 9.67. The van der Waals surface area contributed by atoms with Gasteiger partial charge in [-0.3, -0.25) is 14.4 Å². The molecule has 0 saturated carbocycles. The van der Waals surface area contributed by atoms with Crippen LogP contribution in [0.1, 0.15) is 32.1 Å². The van der Waals surface area contributed by atoms with Gasteiger partial charge in [0.2, 0.25) is 0 Å². The highest BCUT2D eigenvalue weighted by molar-refractivity contribution is 5.86. The summed E-state index contributed by atoms with van der Waals surface area (Å²) in [5.74, 6) is -2.62. The van der Waals surface area contributed by atoms with Crippen molar-refractivity contribution >= 4 is 17.9 Å². The van der Waals surface area contributed by atoms with Gasteiger partial charge < -0.3 is 14.9 Å². The van der Waals surface area contributed by atoms with Crippen LogP contribution in [-0.4, -0.2) is 34.7 Å². The van der Waals surface area contributed by atoms with Gasteiger partial charge in [0.25, 0.3) is 0 Å². The standard InChI is InChI=1S/C9H14O6/c10-6-2-1-3-8(13)15-9(14)5-4-7(11)12/h10H,1-6H2,(H,11,12). The van der Waals surface area contributed by atoms with Crippen molar-refractivity contribution in [1.82, 2.24) is 0 Å². The zero-order valence-corrected chi connectivity index (χ0v) is 8.27. The molecule has 6 heteroatoms. The Kier molecular flexibility index (Phi) is 7.17. The first kappa shape index (κ1) is 13.6. The number of aliphatic hydroxyl groups excluding tert-OH is 1. The number of unbranched alkanes of at least 4 members (excludes halogenated alkanes) is 1. The first-order valence-corrected chi connectivity index (χ1v) is 4.62. The van der Waals surface area contributed by atoms with Crippen LogP contribution in [0.25, 0.3) is 0 Å². The smallest absolute Gasteiger partial charge is 0.314 e. The molecule has 0 aromatic heterocycles. The molecule has 0 radical (unpaired) electrons. The number of hydrogen-bond acceptors (Lipinski definition) is 5. The van der Waals surface area contributed by atoms with Crippen molar-refractivity contribution in [3.8, 4) is 0 Å². The third-order valence-electron chi connectivity index (χ3n) is 1.56. The first-order valence-electron chi connectivity index (χ1n) is 4.62. The molecule has 0 aromatic carbocycles. The Bertz CT molecular complexity index is 235. The number of carboxylic acid groups (broad SMARTS) is 1. The molecule has 0 aliphatic heterocycles. The molecule has 0 spiro atoms. The Morgan fingerprint density at radius 1 is 0.933 bits per heavy atom. The van der Waals surface area contributed by atoms with Crippen LogP contribution in [0.5, 0.6) is 0 Å². The number of esters is 2. The van der Waals surface area contributed by atoms with E-state index in [9.17, 15) is 14.4 Å². The minimum absolute atomic E-state index is 0.0137. The van der Waals surface area contributed by atoms with Crippen molar-refractivity contribution in [3.05, 3.63) is 0 Å². The Morgan fingerprint density at radius 2 is 1.53 bits per heavy atom. The Morgan fingerprint density at radius 3 is 2.07 bits per heavy atom. The van der Waals surface area contributed by atoms with Crippen molar-refractivity contribution in [2.24, 2.45) is 0 Å². The number of carboxylic acids is 1. The van der Waals surface area contributed by atoms with Crippen LogP contribution in [0.4, 0.5) is 0 Å². The number of aliphatic carboxylic acids is 1. The molecular weight excluding hydrogens is 204 g/mol. The van der Waals surface area contributed by atoms with Gasteiger partial charge in [-0.05, 0) is 12.8 Å². The number of ether oxygens (including phenoxy) is 1. The summed E-state index contributed by atoms with van der Waals surface area (Å²) in [5, 5.41) is 16.7. The number of carbonyl (C=O) groups is 3. The van der Waals surface area contributed by atoms with E-state index >= 15 is 0 Å². The molecule has 0 amide bonds. The highest BCUT2D eigenvalue weighted by atomic mass is 16.6. The number of carbonyl (C=O) groups excluding carboxylic acids is 2. The van der Waals surface area contributed by atoms with Crippen molar-refractivity contribution in [1.29, 1.82) is 0 Å². The number of rotatable bonds is 7. The molecule has 0 saturated heterocycles. The third-order valence-corrected chi connectivity index (χ3v) is 1.56. The van der Waals surface area contributed by atoms with Crippen molar-refractivity contribution < 1.29 is 29.3 Å². The summed E-state index contributed by atoms with van der Waals surface area (Å²) in [6.45, 7) is -0.0137. The van der Waals surface area contributed by atoms with Crippen LogP contribution in [0.3, 0.4) is 0 Å². The highest BCUT2D eigenvalue weighted by Crippen LogP contribution is 1.99. The van der Waals surface area contributed by atoms with Gasteiger partial charge in [0.15, 0.2) is 0 Å². The average Bonchev–Trinajstić information content (AvgIpc) is 2.15. The number of aliphatic hydroxyl groups is 1. The molecule has 15 heavy (non-hydrogen) atoms. The largest absolute Gasteiger partial charge is 0.481 e. The second-order valence-corrected chi connectivity index (χ2v) is 2.92. The molecule has 86 valence electrons. The van der Waals surface area contributed by atoms with Crippen LogP contribution in [0.2, 0.25) is 0 Å². The van der Waals surface area contributed by atoms with E-state index in [0.29, 0.717) is 12.8 Å². The molecule has 0 heterocycles. The summed E-state index contributed by atoms with van der Waals surface area (Å²) in [6, 6.07) is 0. The molecule has 0 aliphatic carbocycles. The lowest BCUT2D eigenvalue weighted by Crippen LogP contribution is -2.13. The second kappa shape index (κ2) is 7.93. The van der Waals surface area contributed by atoms with Crippen LogP contribution < -0.4 is 0 Å². The van der Waals surface area contributed by atoms with E-state index in [4.69, 9.17) is 10.2 Å². The topological polar surface area (TPSA) is 101 Å². The van der Waals surface area contributed by atoms with Gasteiger partial charge in [0, 0.05) is 13.0 Å². The lowest BCUT2D eigenvalue weighted by molar-refractivity contribution is -0.161. The van der Waals surface area contributed by atoms with Crippen molar-refractivity contribution in [3.63, 3.8) is 0 Å². The van der Waals surface area contributed by atoms with Crippen LogP contribution in [0.15, 0.2) is 0 Å². The van der Waals surface area contributed by atoms with E-state index in [1.807, 2.05) is 0 Å². The second-order valence-electron chi connectivity index (χ2n) is 2.92. The SMILES string of the molecule is O=C(O)CCC(=O)OC(=O)CCCCO. The Balaban J connectivity index is 3.58. The molecule has 0 aromatic rings. The lowest BCUT2D eigenvalue weighted by Gasteiger charge is -2.01. The quantitative estimate of drug-likeness (QED) is 0.356. The summed E-state index contributed by atoms with van der Waals surface area (Å²) < 4.78 is 4.32. The van der Waals surface area contributed by atoms with E-state index in [1.54, 1.807) is 0 Å². The summed E-state index contributed by atoms with van der Waals surface area (Å²) in [5.41, 5.74) is 0. The van der Waals surface area contributed by atoms with Gasteiger partial charge in [-0.25, -0.2) is 0 Å². The molecule has 2 N–H and O–H groups in total. The van der Waals surface area contributed by atoms with Gasteiger partial charge in [0.1, 0.15) is 0 Å². The maximum atomic E-state index is 10.9. The minimum atomic E-state index is -1.11. The zero-order chi connectivity index (χ0) is 11.7. The molecule has 0 rings (SSSR count). The Labute approximate surface area is 86.8 Å². The third kappa shape index (κ3) is 8.89. The van der Waals surface area contributed by atoms with E-state index in [0.717, 1.165) is 0 Å². The predicted octanol–water partition coefficient (Wildman–Crippen LogP) is 0.0836. The fourth-order valence-corrected chi connectivity index (χ4v) is 0.819. The average molecular weight is 218 g/mol. The Hall–Kier alpha value is -1.43. The molecule has 0 aliphatic rings. The molecule has 0 fully saturated rings. The van der Waals surface area contributed by atoms with E-state index in [-0.39, 0.29) is 25.9 Å². The van der Waals surface area contributed by atoms with Gasteiger partial charge in [0.05, 0.1) is 12.8 Å². The molecule has 0 atom stereocenters. The van der Waals surface area contributed by atoms with Crippen LogP contribution >= 0.6 is 0 Å². The molecule has 0 bridgehead atoms. The van der Waals surface area contributed by atoms with Crippen molar-refractivity contribution in [2.75, 3.05) is 6.61 Å². The van der Waals surface area contributed by atoms with Gasteiger partial charge >= 0.3 is 17.9 Å². The van der Waals surface area contributed by atoms with E-state index < -0.39 is 17.9 Å². The van der Waals surface area contributed by atoms with E-state index in [2.05, 4.69) is 4.74 Å². The fourth-order valence-electron chi connectivity index (χ4n) is 0.819. The minimum Gasteiger partial charge on any atom is -0.481 e. The maximum Gasteiger partial charge on any atom is 0.314 e. The number of hydrogen-bond donors (Lipinski definition) is 2. The highest BCUT2D eigenvalue weighted by Gasteiger charge is 2.11. The maximum absolute atomic E-state index is 10.9. The summed E-state index contributed by atoms with van der Waals surface area (Å²) in [6.07, 6.45) is 0.323. The monoisotopic (exact) mass is 218 g/mol. The van der Waals surface area contributed by atoms with E-state index in [1.165, 1.54) is 0 Å². The molecular formula is C9H14O6. The first-order chi connectivity index (χ1) is 7.06. The molecule has 6 nitrogen and oxygen atoms in total. The summed E-state index contributed by atoms with van der Waals surface area (Å²) in [4.78, 5) is 31.8. The van der Waals surface area contributed by atoms with Gasteiger partial charge in [-0.2, -0.15) is 0 Å². The van der Waals surface area contributed by atoms with Gasteiger partial charge in [-0.1, -0.05) is 0 Å². The lowest BCUT2D eigenvalue weighted by atomic mass is 10.2. The summed E-state index contributed by atoms with van der Waals surface area (Å²) in [7, 11) is 0. The summed E-state index contributed by atoms with van der Waals surface area (Å²) >= 11 is 0. The fraction of sp³-hybridized carbons (Fsp3) is 0.667.